The molecule has 0 aliphatic rings. The number of carbonyl (C=O) groups is 2. The van der Waals surface area contributed by atoms with Gasteiger partial charge in [0, 0.05) is 10.6 Å². The first kappa shape index (κ1) is 19.9. The Morgan fingerprint density at radius 3 is 2.12 bits per heavy atom. The number of rotatable bonds is 4. The molecule has 0 fully saturated rings. The fraction of sp³-hybridized carbons (Fsp3) is 0.222. The Hall–Kier alpha value is -2.38. The van der Waals surface area contributed by atoms with Crippen molar-refractivity contribution in [3.63, 3.8) is 0 Å². The largest absolute Gasteiger partial charge is 0.478 e. The van der Waals surface area contributed by atoms with Gasteiger partial charge in [0.05, 0.1) is 10.5 Å². The van der Waals surface area contributed by atoms with Gasteiger partial charge in [-0.05, 0) is 53.4 Å². The number of halogens is 1. The van der Waals surface area contributed by atoms with E-state index in [1.807, 2.05) is 4.72 Å². The molecular weight excluding hydrogens is 378 g/mol. The summed E-state index contributed by atoms with van der Waals surface area (Å²) in [4.78, 5) is 23.7. The van der Waals surface area contributed by atoms with Crippen molar-refractivity contribution >= 4 is 33.5 Å². The summed E-state index contributed by atoms with van der Waals surface area (Å²) >= 11 is 5.73. The predicted octanol–water partition coefficient (Wildman–Crippen LogP) is 3.45. The summed E-state index contributed by atoms with van der Waals surface area (Å²) in [5.41, 5.74) is 0.00705. The number of nitrogens with one attached hydrogen (secondary N) is 1. The minimum absolute atomic E-state index is 0.0532. The molecule has 1 amide bonds. The van der Waals surface area contributed by atoms with Crippen molar-refractivity contribution in [2.45, 2.75) is 31.1 Å². The third kappa shape index (κ3) is 4.42. The molecule has 8 heteroatoms. The molecule has 0 spiro atoms. The summed E-state index contributed by atoms with van der Waals surface area (Å²) in [5.74, 6) is -1.96. The van der Waals surface area contributed by atoms with Gasteiger partial charge in [0.2, 0.25) is 0 Å². The van der Waals surface area contributed by atoms with Gasteiger partial charge in [-0.25, -0.2) is 17.9 Å². The first-order valence-electron chi connectivity index (χ1n) is 7.62. The summed E-state index contributed by atoms with van der Waals surface area (Å²) in [6.07, 6.45) is 0. The van der Waals surface area contributed by atoms with Crippen LogP contribution in [0.1, 0.15) is 47.1 Å². The van der Waals surface area contributed by atoms with E-state index in [1.54, 1.807) is 20.8 Å². The van der Waals surface area contributed by atoms with Crippen LogP contribution in [0.2, 0.25) is 5.02 Å². The fourth-order valence-corrected chi connectivity index (χ4v) is 3.45. The molecule has 6 nitrogen and oxygen atoms in total. The minimum Gasteiger partial charge on any atom is -0.478 e. The lowest BCUT2D eigenvalue weighted by Gasteiger charge is -2.22. The van der Waals surface area contributed by atoms with Crippen molar-refractivity contribution in [3.05, 3.63) is 64.2 Å². The fourth-order valence-electron chi connectivity index (χ4n) is 2.35. The van der Waals surface area contributed by atoms with Gasteiger partial charge in [-0.3, -0.25) is 4.79 Å². The summed E-state index contributed by atoms with van der Waals surface area (Å²) in [6, 6.07) is 9.35. The third-order valence-electron chi connectivity index (χ3n) is 3.67. The highest BCUT2D eigenvalue weighted by molar-refractivity contribution is 7.90. The average Bonchev–Trinajstić information content (AvgIpc) is 2.53. The maximum Gasteiger partial charge on any atom is 0.335 e. The van der Waals surface area contributed by atoms with E-state index in [-0.39, 0.29) is 16.0 Å². The maximum atomic E-state index is 12.4. The molecule has 0 radical (unpaired) electrons. The lowest BCUT2D eigenvalue weighted by Crippen LogP contribution is -2.31. The maximum absolute atomic E-state index is 12.4. The van der Waals surface area contributed by atoms with E-state index in [0.717, 1.165) is 0 Å². The van der Waals surface area contributed by atoms with E-state index in [2.05, 4.69) is 0 Å². The van der Waals surface area contributed by atoms with Crippen LogP contribution in [-0.4, -0.2) is 25.4 Å². The number of hydrogen-bond acceptors (Lipinski definition) is 4. The molecular formula is C18H18ClNO5S. The second-order valence-electron chi connectivity index (χ2n) is 6.70. The molecule has 0 saturated carbocycles. The van der Waals surface area contributed by atoms with E-state index < -0.39 is 27.3 Å². The van der Waals surface area contributed by atoms with Gasteiger partial charge in [-0.15, -0.1) is 0 Å². The SMILES string of the molecule is CC(C)(C)c1cc(C(=O)NS(=O)(=O)c2ccc(Cl)cc2)ccc1C(=O)O. The molecule has 2 N–H and O–H groups in total. The highest BCUT2D eigenvalue weighted by Crippen LogP contribution is 2.27. The number of carbonyl (C=O) groups excluding carboxylic acids is 1. The summed E-state index contributed by atoms with van der Waals surface area (Å²) in [6.45, 7) is 5.42. The van der Waals surface area contributed by atoms with Crippen molar-refractivity contribution in [1.29, 1.82) is 0 Å². The van der Waals surface area contributed by atoms with E-state index >= 15 is 0 Å². The lowest BCUT2D eigenvalue weighted by molar-refractivity contribution is 0.0693. The summed E-state index contributed by atoms with van der Waals surface area (Å²) < 4.78 is 26.6. The number of sulfonamides is 1. The molecule has 26 heavy (non-hydrogen) atoms. The van der Waals surface area contributed by atoms with Crippen LogP contribution >= 0.6 is 11.6 Å². The van der Waals surface area contributed by atoms with Gasteiger partial charge in [-0.2, -0.15) is 0 Å². The van der Waals surface area contributed by atoms with Crippen molar-refractivity contribution < 1.29 is 23.1 Å². The van der Waals surface area contributed by atoms with Crippen LogP contribution < -0.4 is 4.72 Å². The van der Waals surface area contributed by atoms with Gasteiger partial charge in [-0.1, -0.05) is 32.4 Å². The Balaban J connectivity index is 2.38. The minimum atomic E-state index is -4.07. The molecule has 2 aromatic rings. The van der Waals surface area contributed by atoms with Gasteiger partial charge in [0.25, 0.3) is 15.9 Å². The van der Waals surface area contributed by atoms with Crippen LogP contribution in [0.5, 0.6) is 0 Å². The quantitative estimate of drug-likeness (QED) is 0.825. The van der Waals surface area contributed by atoms with E-state index in [9.17, 15) is 23.1 Å². The molecule has 138 valence electrons. The van der Waals surface area contributed by atoms with Gasteiger partial charge in [0.15, 0.2) is 0 Å². The zero-order chi connectivity index (χ0) is 19.7. The molecule has 0 unspecified atom stereocenters. The predicted molar refractivity (Wildman–Crippen MR) is 98.2 cm³/mol. The zero-order valence-corrected chi connectivity index (χ0v) is 16.0. The first-order valence-corrected chi connectivity index (χ1v) is 9.48. The number of benzene rings is 2. The van der Waals surface area contributed by atoms with Crippen molar-refractivity contribution in [3.8, 4) is 0 Å². The number of amides is 1. The molecule has 0 aliphatic heterocycles. The second kappa shape index (κ2) is 7.09. The van der Waals surface area contributed by atoms with E-state index in [4.69, 9.17) is 11.6 Å². The third-order valence-corrected chi connectivity index (χ3v) is 5.27. The van der Waals surface area contributed by atoms with Crippen LogP contribution in [0.25, 0.3) is 0 Å². The average molecular weight is 396 g/mol. The molecule has 0 bridgehead atoms. The van der Waals surface area contributed by atoms with Crippen LogP contribution in [0, 0.1) is 0 Å². The van der Waals surface area contributed by atoms with E-state index in [1.165, 1.54) is 42.5 Å². The van der Waals surface area contributed by atoms with Gasteiger partial charge < -0.3 is 5.11 Å². The van der Waals surface area contributed by atoms with Crippen LogP contribution in [0.3, 0.4) is 0 Å². The molecule has 0 saturated heterocycles. The van der Waals surface area contributed by atoms with Crippen molar-refractivity contribution in [2.75, 3.05) is 0 Å². The van der Waals surface area contributed by atoms with Crippen LogP contribution in [-0.2, 0) is 15.4 Å². The Labute approximate surface area is 156 Å². The smallest absolute Gasteiger partial charge is 0.335 e. The monoisotopic (exact) mass is 395 g/mol. The molecule has 0 aliphatic carbocycles. The van der Waals surface area contributed by atoms with Crippen molar-refractivity contribution in [1.82, 2.24) is 4.72 Å². The highest BCUT2D eigenvalue weighted by atomic mass is 35.5. The molecule has 0 aromatic heterocycles. The lowest BCUT2D eigenvalue weighted by atomic mass is 9.82. The number of aromatic carboxylic acids is 1. The van der Waals surface area contributed by atoms with E-state index in [0.29, 0.717) is 10.6 Å². The van der Waals surface area contributed by atoms with Gasteiger partial charge in [0.1, 0.15) is 0 Å². The molecule has 0 atom stereocenters. The molecule has 2 rings (SSSR count). The Morgan fingerprint density at radius 1 is 1.04 bits per heavy atom. The standard InChI is InChI=1S/C18H18ClNO5S/c1-18(2,3)15-10-11(4-9-14(15)17(22)23)16(21)20-26(24,25)13-7-5-12(19)6-8-13/h4-10H,1-3H3,(H,20,21)(H,22,23). The highest BCUT2D eigenvalue weighted by Gasteiger charge is 2.25. The normalized spacial score (nSPS) is 11.8. The molecule has 0 heterocycles. The second-order valence-corrected chi connectivity index (χ2v) is 8.82. The number of carboxylic acid groups (broad SMARTS) is 1. The van der Waals surface area contributed by atoms with Crippen molar-refractivity contribution in [2.24, 2.45) is 0 Å². The Kier molecular flexibility index (Phi) is 5.44. The molecule has 2 aromatic carbocycles. The summed E-state index contributed by atoms with van der Waals surface area (Å²) in [5, 5.41) is 9.68. The first-order chi connectivity index (χ1) is 11.9. The summed E-state index contributed by atoms with van der Waals surface area (Å²) in [7, 11) is -4.07. The topological polar surface area (TPSA) is 101 Å². The number of hydrogen-bond donors (Lipinski definition) is 2. The van der Waals surface area contributed by atoms with Gasteiger partial charge >= 0.3 is 5.97 Å². The number of carboxylic acids is 1. The van der Waals surface area contributed by atoms with Crippen LogP contribution in [0.15, 0.2) is 47.4 Å². The Bertz CT molecular complexity index is 960. The Morgan fingerprint density at radius 2 is 1.62 bits per heavy atom. The van der Waals surface area contributed by atoms with Crippen LogP contribution in [0.4, 0.5) is 0 Å². The zero-order valence-electron chi connectivity index (χ0n) is 14.4.